The number of nitrogens with two attached hydrogens (primary N) is 1. The molecular weight excluding hydrogens is 152 g/mol. The summed E-state index contributed by atoms with van der Waals surface area (Å²) in [5, 5.41) is 16.9. The highest BCUT2D eigenvalue weighted by Crippen LogP contribution is 1.98. The molecule has 0 saturated carbocycles. The van der Waals surface area contributed by atoms with Gasteiger partial charge in [0.05, 0.1) is 6.54 Å². The molecule has 0 unspecified atom stereocenters. The summed E-state index contributed by atoms with van der Waals surface area (Å²) >= 11 is 0. The smallest absolute Gasteiger partial charge is 0.405 e. The van der Waals surface area contributed by atoms with Crippen LogP contribution >= 0.6 is 0 Å². The van der Waals surface area contributed by atoms with Crippen LogP contribution in [0.25, 0.3) is 0 Å². The molecule has 0 atom stereocenters. The molecule has 1 aromatic rings. The molecule has 0 bridgehead atoms. The fraction of sp³-hybridized carbons (Fsp3) is 0.250. The molecule has 60 valence electrons. The molecule has 0 saturated heterocycles. The lowest BCUT2D eigenvalue weighted by molar-refractivity contribution is 0.192. The first-order valence-electron chi connectivity index (χ1n) is 2.73. The van der Waals surface area contributed by atoms with Crippen LogP contribution in [-0.2, 0) is 6.54 Å². The van der Waals surface area contributed by atoms with E-state index >= 15 is 0 Å². The number of hydrogen-bond acceptors (Lipinski definition) is 5. The molecule has 0 radical (unpaired) electrons. The molecule has 1 aromatic heterocycles. The molecule has 7 nitrogen and oxygen atoms in total. The molecule has 11 heavy (non-hydrogen) atoms. The number of amides is 1. The van der Waals surface area contributed by atoms with Crippen LogP contribution in [-0.4, -0.2) is 21.4 Å². The second-order valence-corrected chi connectivity index (χ2v) is 1.69. The first-order chi connectivity index (χ1) is 5.18. The minimum atomic E-state index is -1.15. The summed E-state index contributed by atoms with van der Waals surface area (Å²) in [7, 11) is 0. The van der Waals surface area contributed by atoms with E-state index in [9.17, 15) is 4.79 Å². The highest BCUT2D eigenvalue weighted by Gasteiger charge is 2.02. The fourth-order valence-electron chi connectivity index (χ4n) is 0.489. The van der Waals surface area contributed by atoms with Crippen LogP contribution in [0, 0.1) is 0 Å². The Morgan fingerprint density at radius 2 is 2.45 bits per heavy atom. The lowest BCUT2D eigenvalue weighted by Crippen LogP contribution is -2.20. The Hall–Kier alpha value is -1.79. The van der Waals surface area contributed by atoms with Crippen LogP contribution in [0.2, 0.25) is 0 Å². The summed E-state index contributed by atoms with van der Waals surface area (Å²) in [5.41, 5.74) is 5.07. The Bertz CT molecular complexity index is 258. The summed E-state index contributed by atoms with van der Waals surface area (Å²) in [6, 6.07) is -0.0767. The number of hydrogen-bond donors (Lipinski definition) is 3. The number of nitrogen functional groups attached to an aromatic ring is 1. The van der Waals surface area contributed by atoms with Crippen molar-refractivity contribution in [1.82, 2.24) is 15.5 Å². The molecule has 0 aliphatic carbocycles. The number of nitrogens with zero attached hydrogens (tertiary/aromatic N) is 2. The van der Waals surface area contributed by atoms with E-state index in [-0.39, 0.29) is 18.5 Å². The third kappa shape index (κ3) is 2.12. The second-order valence-electron chi connectivity index (χ2n) is 1.69. The number of aromatic nitrogens is 2. The van der Waals surface area contributed by atoms with E-state index in [1.165, 1.54) is 0 Å². The topological polar surface area (TPSA) is 114 Å². The average molecular weight is 158 g/mol. The molecule has 0 spiro atoms. The summed E-state index contributed by atoms with van der Waals surface area (Å²) in [4.78, 5) is 9.95. The monoisotopic (exact) mass is 158 g/mol. The van der Waals surface area contributed by atoms with Gasteiger partial charge >= 0.3 is 12.1 Å². The zero-order chi connectivity index (χ0) is 8.27. The van der Waals surface area contributed by atoms with E-state index < -0.39 is 6.09 Å². The fourth-order valence-corrected chi connectivity index (χ4v) is 0.489. The van der Waals surface area contributed by atoms with Crippen molar-refractivity contribution in [2.75, 3.05) is 5.73 Å². The Morgan fingerprint density at radius 1 is 1.73 bits per heavy atom. The van der Waals surface area contributed by atoms with Gasteiger partial charge in [-0.3, -0.25) is 0 Å². The van der Waals surface area contributed by atoms with Gasteiger partial charge in [-0.15, -0.1) is 5.10 Å². The Labute approximate surface area is 61.2 Å². The minimum absolute atomic E-state index is 0.0282. The number of rotatable bonds is 2. The van der Waals surface area contributed by atoms with Gasteiger partial charge in [0.1, 0.15) is 0 Å². The van der Waals surface area contributed by atoms with Crippen molar-refractivity contribution in [2.24, 2.45) is 0 Å². The van der Waals surface area contributed by atoms with Crippen LogP contribution in [0.5, 0.6) is 0 Å². The van der Waals surface area contributed by atoms with Crippen LogP contribution < -0.4 is 11.1 Å². The van der Waals surface area contributed by atoms with Crippen molar-refractivity contribution in [1.29, 1.82) is 0 Å². The number of carbonyl (C=O) groups is 1. The van der Waals surface area contributed by atoms with Crippen LogP contribution in [0.15, 0.2) is 4.42 Å². The third-order valence-corrected chi connectivity index (χ3v) is 0.873. The van der Waals surface area contributed by atoms with Gasteiger partial charge in [0, 0.05) is 0 Å². The highest BCUT2D eigenvalue weighted by atomic mass is 16.4. The van der Waals surface area contributed by atoms with Crippen molar-refractivity contribution in [3.05, 3.63) is 5.89 Å². The van der Waals surface area contributed by atoms with Gasteiger partial charge in [-0.25, -0.2) is 4.79 Å². The Kier molecular flexibility index (Phi) is 1.90. The molecule has 0 aliphatic rings. The third-order valence-electron chi connectivity index (χ3n) is 0.873. The molecule has 1 heterocycles. The van der Waals surface area contributed by atoms with Gasteiger partial charge in [-0.2, -0.15) is 0 Å². The first-order valence-corrected chi connectivity index (χ1v) is 2.73. The standard InChI is InChI=1S/C4H6N4O3/c5-3-8-7-2(11-3)1-6-4(9)10/h6H,1H2,(H2,5,8)(H,9,10). The van der Waals surface area contributed by atoms with Crippen LogP contribution in [0.1, 0.15) is 5.89 Å². The molecule has 1 amide bonds. The normalized spacial score (nSPS) is 9.45. The van der Waals surface area contributed by atoms with E-state index in [4.69, 9.17) is 10.8 Å². The lowest BCUT2D eigenvalue weighted by Gasteiger charge is -1.92. The van der Waals surface area contributed by atoms with Crippen LogP contribution in [0.4, 0.5) is 10.8 Å². The van der Waals surface area contributed by atoms with Gasteiger partial charge in [-0.1, -0.05) is 5.10 Å². The van der Waals surface area contributed by atoms with E-state index in [1.807, 2.05) is 5.32 Å². The number of carboxylic acid groups (broad SMARTS) is 1. The maximum absolute atomic E-state index is 9.95. The number of nitrogens with one attached hydrogen (secondary N) is 1. The molecule has 0 aliphatic heterocycles. The van der Waals surface area contributed by atoms with E-state index in [0.717, 1.165) is 0 Å². The highest BCUT2D eigenvalue weighted by molar-refractivity contribution is 5.64. The van der Waals surface area contributed by atoms with Crippen molar-refractivity contribution in [3.8, 4) is 0 Å². The maximum atomic E-state index is 9.95. The molecular formula is C4H6N4O3. The van der Waals surface area contributed by atoms with Crippen molar-refractivity contribution in [2.45, 2.75) is 6.54 Å². The van der Waals surface area contributed by atoms with Gasteiger partial charge in [0.15, 0.2) is 0 Å². The van der Waals surface area contributed by atoms with E-state index in [1.54, 1.807) is 0 Å². The van der Waals surface area contributed by atoms with Gasteiger partial charge in [-0.05, 0) is 0 Å². The summed E-state index contributed by atoms with van der Waals surface area (Å²) in [6.07, 6.45) is -1.15. The van der Waals surface area contributed by atoms with Crippen molar-refractivity contribution in [3.63, 3.8) is 0 Å². The molecule has 0 fully saturated rings. The summed E-state index contributed by atoms with van der Waals surface area (Å²) < 4.78 is 4.66. The quantitative estimate of drug-likeness (QED) is 0.530. The largest absolute Gasteiger partial charge is 0.465 e. The SMILES string of the molecule is Nc1nnc(CNC(=O)O)o1. The molecule has 0 aromatic carbocycles. The predicted molar refractivity (Wildman–Crippen MR) is 33.6 cm³/mol. The van der Waals surface area contributed by atoms with Gasteiger partial charge in [0.2, 0.25) is 5.89 Å². The Morgan fingerprint density at radius 3 is 2.91 bits per heavy atom. The molecule has 1 rings (SSSR count). The second kappa shape index (κ2) is 2.86. The maximum Gasteiger partial charge on any atom is 0.405 e. The van der Waals surface area contributed by atoms with Gasteiger partial charge < -0.3 is 20.6 Å². The molecule has 4 N–H and O–H groups in total. The van der Waals surface area contributed by atoms with E-state index in [0.29, 0.717) is 0 Å². The van der Waals surface area contributed by atoms with Crippen molar-refractivity contribution >= 4 is 12.1 Å². The van der Waals surface area contributed by atoms with Crippen LogP contribution in [0.3, 0.4) is 0 Å². The molecule has 7 heteroatoms. The zero-order valence-electron chi connectivity index (χ0n) is 5.44. The zero-order valence-corrected chi connectivity index (χ0v) is 5.44. The minimum Gasteiger partial charge on any atom is -0.465 e. The van der Waals surface area contributed by atoms with Crippen molar-refractivity contribution < 1.29 is 14.3 Å². The number of anilines is 1. The Balaban J connectivity index is 2.45. The average Bonchev–Trinajstić information content (AvgIpc) is 2.31. The summed E-state index contributed by atoms with van der Waals surface area (Å²) in [6.45, 7) is -0.0282. The summed E-state index contributed by atoms with van der Waals surface area (Å²) in [5.74, 6) is 0.143. The first kappa shape index (κ1) is 7.32. The predicted octanol–water partition coefficient (Wildman–Crippen LogP) is -0.581. The lowest BCUT2D eigenvalue weighted by atomic mass is 10.6. The van der Waals surface area contributed by atoms with Gasteiger partial charge in [0.25, 0.3) is 0 Å². The van der Waals surface area contributed by atoms with E-state index in [2.05, 4.69) is 14.6 Å².